The third-order valence-corrected chi connectivity index (χ3v) is 4.13. The van der Waals surface area contributed by atoms with E-state index in [1.54, 1.807) is 17.1 Å². The molecular weight excluding hydrogens is 350 g/mol. The summed E-state index contributed by atoms with van der Waals surface area (Å²) in [5, 5.41) is 21.4. The van der Waals surface area contributed by atoms with Gasteiger partial charge in [-0.15, -0.1) is 0 Å². The average Bonchev–Trinajstić information content (AvgIpc) is 3.08. The van der Waals surface area contributed by atoms with E-state index in [-0.39, 0.29) is 13.2 Å². The highest BCUT2D eigenvalue weighted by Gasteiger charge is 2.26. The summed E-state index contributed by atoms with van der Waals surface area (Å²) in [6.45, 7) is 2.51. The highest BCUT2D eigenvalue weighted by atomic mass is 16.5. The van der Waals surface area contributed by atoms with Gasteiger partial charge in [0.25, 0.3) is 0 Å². The number of carbonyl (C=O) groups is 2. The maximum absolute atomic E-state index is 11.6. The molecule has 1 aromatic heterocycles. The molecule has 146 valence electrons. The number of nitrogens with zero attached hydrogens (tertiary/aromatic N) is 2. The molecule has 1 heterocycles. The first-order valence-corrected chi connectivity index (χ1v) is 8.83. The molecule has 0 saturated heterocycles. The predicted molar refractivity (Wildman–Crippen MR) is 98.1 cm³/mol. The topological polar surface area (TPSA) is 114 Å². The van der Waals surface area contributed by atoms with Crippen LogP contribution in [0.4, 0.5) is 0 Å². The van der Waals surface area contributed by atoms with E-state index >= 15 is 0 Å². The van der Waals surface area contributed by atoms with Crippen LogP contribution in [-0.2, 0) is 34.1 Å². The van der Waals surface area contributed by atoms with Gasteiger partial charge < -0.3 is 19.5 Å². The molecule has 0 saturated carbocycles. The first kappa shape index (κ1) is 20.6. The number of ether oxygens (including phenoxy) is 1. The van der Waals surface area contributed by atoms with Crippen LogP contribution in [0.2, 0.25) is 0 Å². The van der Waals surface area contributed by atoms with Crippen LogP contribution in [0.5, 0.6) is 0 Å². The second-order valence-electron chi connectivity index (χ2n) is 6.26. The summed E-state index contributed by atoms with van der Waals surface area (Å²) >= 11 is 0. The number of aliphatic carboxylic acids is 2. The van der Waals surface area contributed by atoms with Gasteiger partial charge in [0.2, 0.25) is 0 Å². The first-order valence-electron chi connectivity index (χ1n) is 8.83. The van der Waals surface area contributed by atoms with Gasteiger partial charge in [-0.05, 0) is 12.0 Å². The zero-order valence-corrected chi connectivity index (χ0v) is 15.2. The minimum atomic E-state index is -1.10. The van der Waals surface area contributed by atoms with E-state index in [1.807, 2.05) is 37.3 Å². The Morgan fingerprint density at radius 1 is 1.19 bits per heavy atom. The van der Waals surface area contributed by atoms with Crippen LogP contribution >= 0.6 is 0 Å². The Bertz CT molecular complexity index is 732. The summed E-state index contributed by atoms with van der Waals surface area (Å²) in [4.78, 5) is 26.9. The Balaban J connectivity index is 1.97. The van der Waals surface area contributed by atoms with Crippen molar-refractivity contribution < 1.29 is 24.5 Å². The molecule has 2 rings (SSSR count). The van der Waals surface area contributed by atoms with Crippen molar-refractivity contribution in [3.63, 3.8) is 0 Å². The Hall–Kier alpha value is -2.71. The molecule has 0 spiro atoms. The molecule has 0 radical (unpaired) electrons. The number of aromatic nitrogens is 2. The van der Waals surface area contributed by atoms with Gasteiger partial charge in [0, 0.05) is 18.3 Å². The van der Waals surface area contributed by atoms with E-state index in [0.717, 1.165) is 5.56 Å². The van der Waals surface area contributed by atoms with Crippen LogP contribution < -0.4 is 5.32 Å². The number of carboxylic acids is 2. The number of rotatable bonds is 12. The van der Waals surface area contributed by atoms with E-state index < -0.39 is 24.0 Å². The molecule has 2 atom stereocenters. The lowest BCUT2D eigenvalue weighted by atomic mass is 10.1. The van der Waals surface area contributed by atoms with Crippen molar-refractivity contribution >= 4 is 11.9 Å². The van der Waals surface area contributed by atoms with Crippen molar-refractivity contribution in [1.29, 1.82) is 0 Å². The normalized spacial score (nSPS) is 13.2. The lowest BCUT2D eigenvalue weighted by Gasteiger charge is -2.20. The second kappa shape index (κ2) is 10.4. The van der Waals surface area contributed by atoms with Crippen molar-refractivity contribution in [3.05, 3.63) is 54.1 Å². The fraction of sp³-hybridized carbons (Fsp3) is 0.421. The summed E-state index contributed by atoms with van der Waals surface area (Å²) in [5.41, 5.74) is 1.69. The zero-order chi connectivity index (χ0) is 19.6. The minimum Gasteiger partial charge on any atom is -0.480 e. The monoisotopic (exact) mass is 375 g/mol. The molecule has 8 heteroatoms. The van der Waals surface area contributed by atoms with E-state index in [2.05, 4.69) is 10.3 Å². The predicted octanol–water partition coefficient (Wildman–Crippen LogP) is 1.90. The van der Waals surface area contributed by atoms with Crippen molar-refractivity contribution in [2.75, 3.05) is 0 Å². The molecule has 1 aromatic carbocycles. The number of hydrogen-bond donors (Lipinski definition) is 3. The van der Waals surface area contributed by atoms with Crippen LogP contribution in [0.3, 0.4) is 0 Å². The first-order chi connectivity index (χ1) is 13.0. The molecule has 0 aliphatic carbocycles. The standard InChI is InChI=1S/C19H25N3O5/c1-2-6-16(18(23)24)21-17(19(25)26)9-15-10-20-12-22(15)13-27-11-14-7-4-3-5-8-14/h3-5,7-8,10,12,16-17,21H,2,6,9,11,13H2,1H3,(H,23,24)(H,25,26). The smallest absolute Gasteiger partial charge is 0.321 e. The van der Waals surface area contributed by atoms with E-state index in [4.69, 9.17) is 4.74 Å². The van der Waals surface area contributed by atoms with Crippen molar-refractivity contribution in [1.82, 2.24) is 14.9 Å². The number of nitrogens with one attached hydrogen (secondary N) is 1. The molecule has 2 unspecified atom stereocenters. The Labute approximate surface area is 157 Å². The number of carboxylic acid groups (broad SMARTS) is 2. The van der Waals surface area contributed by atoms with Gasteiger partial charge in [-0.1, -0.05) is 43.7 Å². The molecule has 27 heavy (non-hydrogen) atoms. The van der Waals surface area contributed by atoms with Crippen molar-refractivity contribution in [2.45, 2.75) is 51.6 Å². The van der Waals surface area contributed by atoms with Gasteiger partial charge >= 0.3 is 11.9 Å². The maximum atomic E-state index is 11.6. The van der Waals surface area contributed by atoms with E-state index in [1.165, 1.54) is 0 Å². The second-order valence-corrected chi connectivity index (χ2v) is 6.26. The van der Waals surface area contributed by atoms with Gasteiger partial charge in [-0.2, -0.15) is 0 Å². The van der Waals surface area contributed by atoms with Gasteiger partial charge in [0.05, 0.1) is 12.9 Å². The summed E-state index contributed by atoms with van der Waals surface area (Å²) in [6, 6.07) is 7.78. The summed E-state index contributed by atoms with van der Waals surface area (Å²) in [6.07, 6.45) is 4.25. The van der Waals surface area contributed by atoms with Crippen molar-refractivity contribution in [2.24, 2.45) is 0 Å². The van der Waals surface area contributed by atoms with E-state index in [0.29, 0.717) is 25.1 Å². The molecule has 0 aliphatic heterocycles. The van der Waals surface area contributed by atoms with Gasteiger partial charge in [-0.25, -0.2) is 4.98 Å². The maximum Gasteiger partial charge on any atom is 0.321 e. The molecule has 8 nitrogen and oxygen atoms in total. The summed E-state index contributed by atoms with van der Waals surface area (Å²) in [7, 11) is 0. The highest BCUT2D eigenvalue weighted by molar-refractivity contribution is 5.77. The summed E-state index contributed by atoms with van der Waals surface area (Å²) < 4.78 is 7.38. The third kappa shape index (κ3) is 6.50. The Morgan fingerprint density at radius 2 is 1.89 bits per heavy atom. The number of imidazole rings is 1. The van der Waals surface area contributed by atoms with Crippen molar-refractivity contribution in [3.8, 4) is 0 Å². The average molecular weight is 375 g/mol. The van der Waals surface area contributed by atoms with Crippen LogP contribution in [0, 0.1) is 0 Å². The molecule has 3 N–H and O–H groups in total. The fourth-order valence-electron chi connectivity index (χ4n) is 2.71. The minimum absolute atomic E-state index is 0.109. The van der Waals surface area contributed by atoms with Gasteiger partial charge in [0.1, 0.15) is 18.8 Å². The van der Waals surface area contributed by atoms with Crippen LogP contribution in [0.1, 0.15) is 31.0 Å². The largest absolute Gasteiger partial charge is 0.480 e. The van der Waals surface area contributed by atoms with Gasteiger partial charge in [-0.3, -0.25) is 14.9 Å². The number of hydrogen-bond acceptors (Lipinski definition) is 5. The zero-order valence-electron chi connectivity index (χ0n) is 15.2. The number of benzene rings is 1. The highest BCUT2D eigenvalue weighted by Crippen LogP contribution is 2.09. The molecule has 0 fully saturated rings. The van der Waals surface area contributed by atoms with Crippen LogP contribution in [0.15, 0.2) is 42.9 Å². The fourth-order valence-corrected chi connectivity index (χ4v) is 2.71. The van der Waals surface area contributed by atoms with Gasteiger partial charge in [0.15, 0.2) is 0 Å². The lowest BCUT2D eigenvalue weighted by Crippen LogP contribution is -2.48. The Kier molecular flexibility index (Phi) is 7.97. The lowest BCUT2D eigenvalue weighted by molar-refractivity contribution is -0.142. The molecule has 0 amide bonds. The molecule has 0 bridgehead atoms. The molecule has 0 aliphatic rings. The quantitative estimate of drug-likeness (QED) is 0.519. The Morgan fingerprint density at radius 3 is 2.52 bits per heavy atom. The van der Waals surface area contributed by atoms with Crippen LogP contribution in [-0.4, -0.2) is 43.8 Å². The molecular formula is C19H25N3O5. The SMILES string of the molecule is CCCC(NC(Cc1cncn1COCc1ccccc1)C(=O)O)C(=O)O. The van der Waals surface area contributed by atoms with E-state index in [9.17, 15) is 19.8 Å². The third-order valence-electron chi connectivity index (χ3n) is 4.13. The van der Waals surface area contributed by atoms with Crippen LogP contribution in [0.25, 0.3) is 0 Å². The summed E-state index contributed by atoms with van der Waals surface area (Å²) in [5.74, 6) is -2.15. The molecule has 2 aromatic rings.